The molecule has 0 radical (unpaired) electrons. The maximum absolute atomic E-state index is 13.3. The van der Waals surface area contributed by atoms with Crippen LogP contribution in [0.3, 0.4) is 0 Å². The molecule has 0 bridgehead atoms. The van der Waals surface area contributed by atoms with Gasteiger partial charge >= 0.3 is 0 Å². The number of carbonyl (C=O) groups is 2. The molecule has 192 valence electrons. The zero-order chi connectivity index (χ0) is 26.3. The average molecular weight is 516 g/mol. The van der Waals surface area contributed by atoms with Crippen LogP contribution in [0, 0.1) is 11.8 Å². The lowest BCUT2D eigenvalue weighted by Gasteiger charge is -2.21. The van der Waals surface area contributed by atoms with E-state index in [1.165, 1.54) is 0 Å². The number of para-hydroxylation sites is 1. The van der Waals surface area contributed by atoms with E-state index in [0.29, 0.717) is 35.8 Å². The monoisotopic (exact) mass is 515 g/mol. The van der Waals surface area contributed by atoms with Gasteiger partial charge in [-0.1, -0.05) is 36.4 Å². The van der Waals surface area contributed by atoms with Gasteiger partial charge < -0.3 is 19.4 Å². The van der Waals surface area contributed by atoms with Crippen LogP contribution in [0.4, 0.5) is 0 Å². The molecule has 1 aliphatic carbocycles. The molecule has 39 heavy (non-hydrogen) atoms. The van der Waals surface area contributed by atoms with Crippen LogP contribution in [0.5, 0.6) is 11.6 Å². The Morgan fingerprint density at radius 2 is 1.72 bits per heavy atom. The van der Waals surface area contributed by atoms with Crippen molar-refractivity contribution in [3.8, 4) is 22.9 Å². The number of likely N-dealkylation sites (tertiary alicyclic amines) is 1. The third-order valence-corrected chi connectivity index (χ3v) is 7.52. The van der Waals surface area contributed by atoms with Gasteiger partial charge in [0.2, 0.25) is 5.88 Å². The van der Waals surface area contributed by atoms with Crippen molar-refractivity contribution in [2.45, 2.75) is 6.04 Å². The summed E-state index contributed by atoms with van der Waals surface area (Å²) in [5.74, 6) is 1.20. The summed E-state index contributed by atoms with van der Waals surface area (Å²) in [6.45, 7) is 1.19. The lowest BCUT2D eigenvalue weighted by atomic mass is 10.1. The van der Waals surface area contributed by atoms with E-state index in [0.717, 1.165) is 16.9 Å². The molecule has 2 aromatic carbocycles. The number of carbonyl (C=O) groups excluding carboxylic acids is 2. The molecule has 1 aliphatic heterocycles. The second-order valence-corrected chi connectivity index (χ2v) is 9.98. The SMILES string of the molecule is O=C(NC1C2CN(C(=O)c3cccnc3Oc3ccccc3)CC21)c1cccc(-c2cn3ccccc3n2)c1. The van der Waals surface area contributed by atoms with Crippen molar-refractivity contribution in [1.29, 1.82) is 0 Å². The number of piperidine rings is 1. The predicted octanol–water partition coefficient (Wildman–Crippen LogP) is 4.69. The van der Waals surface area contributed by atoms with Crippen LogP contribution in [0.15, 0.2) is 104 Å². The fourth-order valence-corrected chi connectivity index (χ4v) is 5.44. The van der Waals surface area contributed by atoms with E-state index in [9.17, 15) is 9.59 Å². The van der Waals surface area contributed by atoms with Crippen LogP contribution < -0.4 is 10.1 Å². The highest BCUT2D eigenvalue weighted by atomic mass is 16.5. The van der Waals surface area contributed by atoms with Crippen molar-refractivity contribution < 1.29 is 14.3 Å². The molecule has 8 nitrogen and oxygen atoms in total. The van der Waals surface area contributed by atoms with Gasteiger partial charge in [0.05, 0.1) is 5.69 Å². The van der Waals surface area contributed by atoms with Crippen LogP contribution in [0.1, 0.15) is 20.7 Å². The summed E-state index contributed by atoms with van der Waals surface area (Å²) in [5, 5.41) is 3.18. The Morgan fingerprint density at radius 3 is 2.54 bits per heavy atom. The van der Waals surface area contributed by atoms with Crippen molar-refractivity contribution in [1.82, 2.24) is 24.6 Å². The summed E-state index contributed by atoms with van der Waals surface area (Å²) in [5.41, 5.74) is 3.60. The molecule has 1 saturated heterocycles. The Morgan fingerprint density at radius 1 is 0.897 bits per heavy atom. The number of rotatable bonds is 6. The van der Waals surface area contributed by atoms with E-state index >= 15 is 0 Å². The second-order valence-electron chi connectivity index (χ2n) is 9.98. The molecule has 3 aromatic heterocycles. The average Bonchev–Trinajstić information content (AvgIpc) is 3.31. The standard InChI is InChI=1S/C31H25N5O3/c37-29(21-9-6-8-20(16-21)26-19-35-15-5-4-13-27(35)33-26)34-28-24-17-36(18-25(24)28)31(38)23-12-7-14-32-30(23)39-22-10-2-1-3-11-22/h1-16,19,24-25,28H,17-18H2,(H,34,37). The first-order chi connectivity index (χ1) is 19.1. The quantitative estimate of drug-likeness (QED) is 0.355. The number of nitrogens with zero attached hydrogens (tertiary/aromatic N) is 4. The minimum absolute atomic E-state index is 0.0642. The molecule has 7 rings (SSSR count). The molecule has 5 aromatic rings. The van der Waals surface area contributed by atoms with Gasteiger partial charge in [-0.15, -0.1) is 0 Å². The summed E-state index contributed by atoms with van der Waals surface area (Å²) in [7, 11) is 0. The van der Waals surface area contributed by atoms with E-state index in [-0.39, 0.29) is 29.7 Å². The van der Waals surface area contributed by atoms with Crippen LogP contribution >= 0.6 is 0 Å². The fourth-order valence-electron chi connectivity index (χ4n) is 5.44. The largest absolute Gasteiger partial charge is 0.438 e. The molecule has 8 heteroatoms. The van der Waals surface area contributed by atoms with Crippen molar-refractivity contribution in [3.05, 3.63) is 115 Å². The topological polar surface area (TPSA) is 88.8 Å². The Hall–Kier alpha value is -4.98. The summed E-state index contributed by atoms with van der Waals surface area (Å²) in [6, 6.07) is 26.2. The molecule has 2 amide bonds. The number of fused-ring (bicyclic) bond motifs is 2. The van der Waals surface area contributed by atoms with Gasteiger partial charge in [-0.2, -0.15) is 0 Å². The molecule has 1 N–H and O–H groups in total. The first-order valence-corrected chi connectivity index (χ1v) is 13.0. The van der Waals surface area contributed by atoms with E-state index in [1.807, 2.05) is 94.5 Å². The minimum Gasteiger partial charge on any atom is -0.438 e. The summed E-state index contributed by atoms with van der Waals surface area (Å²) in [4.78, 5) is 37.2. The Balaban J connectivity index is 0.995. The van der Waals surface area contributed by atoms with Gasteiger partial charge in [0.1, 0.15) is 17.0 Å². The third-order valence-electron chi connectivity index (χ3n) is 7.52. The lowest BCUT2D eigenvalue weighted by molar-refractivity contribution is 0.0766. The lowest BCUT2D eigenvalue weighted by Crippen LogP contribution is -2.37. The summed E-state index contributed by atoms with van der Waals surface area (Å²) >= 11 is 0. The number of imidazole rings is 1. The summed E-state index contributed by atoms with van der Waals surface area (Å²) < 4.78 is 7.85. The van der Waals surface area contributed by atoms with Crippen molar-refractivity contribution in [3.63, 3.8) is 0 Å². The van der Waals surface area contributed by atoms with Crippen molar-refractivity contribution in [2.24, 2.45) is 11.8 Å². The number of hydrogen-bond acceptors (Lipinski definition) is 5. The van der Waals surface area contributed by atoms with Crippen molar-refractivity contribution >= 4 is 17.5 Å². The number of ether oxygens (including phenoxy) is 1. The highest BCUT2D eigenvalue weighted by Gasteiger charge is 2.57. The van der Waals surface area contributed by atoms with E-state index < -0.39 is 0 Å². The first kappa shape index (κ1) is 23.2. The third kappa shape index (κ3) is 4.40. The van der Waals surface area contributed by atoms with Gasteiger partial charge in [-0.3, -0.25) is 9.59 Å². The number of benzene rings is 2. The predicted molar refractivity (Wildman–Crippen MR) is 146 cm³/mol. The number of aromatic nitrogens is 3. The highest BCUT2D eigenvalue weighted by molar-refractivity contribution is 5.97. The molecule has 4 heterocycles. The van der Waals surface area contributed by atoms with Gasteiger partial charge in [0, 0.05) is 60.7 Å². The zero-order valence-electron chi connectivity index (χ0n) is 21.0. The smallest absolute Gasteiger partial charge is 0.259 e. The maximum Gasteiger partial charge on any atom is 0.259 e. The molecule has 2 unspecified atom stereocenters. The van der Waals surface area contributed by atoms with Crippen molar-refractivity contribution in [2.75, 3.05) is 13.1 Å². The van der Waals surface area contributed by atoms with Crippen LogP contribution in [-0.4, -0.2) is 50.2 Å². The summed E-state index contributed by atoms with van der Waals surface area (Å²) in [6.07, 6.45) is 5.53. The van der Waals surface area contributed by atoms with Crippen LogP contribution in [0.2, 0.25) is 0 Å². The Kier molecular flexibility index (Phi) is 5.58. The number of nitrogens with one attached hydrogen (secondary N) is 1. The van der Waals surface area contributed by atoms with E-state index in [1.54, 1.807) is 18.3 Å². The number of amides is 2. The van der Waals surface area contributed by atoms with Gasteiger partial charge in [0.15, 0.2) is 0 Å². The number of hydrogen-bond donors (Lipinski definition) is 1. The fraction of sp³-hybridized carbons (Fsp3) is 0.161. The molecule has 2 fully saturated rings. The van der Waals surface area contributed by atoms with Gasteiger partial charge in [0.25, 0.3) is 11.8 Å². The Bertz CT molecular complexity index is 1650. The minimum atomic E-state index is -0.108. The molecular weight excluding hydrogens is 490 g/mol. The first-order valence-electron chi connectivity index (χ1n) is 13.0. The van der Waals surface area contributed by atoms with E-state index in [2.05, 4.69) is 15.3 Å². The second kappa shape index (κ2) is 9.40. The van der Waals surface area contributed by atoms with E-state index in [4.69, 9.17) is 4.74 Å². The maximum atomic E-state index is 13.3. The molecule has 2 aliphatic rings. The molecule has 0 spiro atoms. The normalized spacial score (nSPS) is 19.5. The highest BCUT2D eigenvalue weighted by Crippen LogP contribution is 2.46. The van der Waals surface area contributed by atoms with Gasteiger partial charge in [-0.25, -0.2) is 9.97 Å². The zero-order valence-corrected chi connectivity index (χ0v) is 21.0. The van der Waals surface area contributed by atoms with Crippen LogP contribution in [-0.2, 0) is 0 Å². The van der Waals surface area contributed by atoms with Crippen LogP contribution in [0.25, 0.3) is 16.9 Å². The van der Waals surface area contributed by atoms with Gasteiger partial charge in [-0.05, 0) is 48.5 Å². The molecular formula is C31H25N5O3. The molecule has 2 atom stereocenters. The number of pyridine rings is 2. The Labute approximate surface area is 224 Å². The molecule has 1 saturated carbocycles.